The number of hydrogen-bond donors (Lipinski definition) is 2. The minimum atomic E-state index is -0.0865. The zero-order valence-electron chi connectivity index (χ0n) is 9.21. The fraction of sp³-hybridized carbons (Fsp3) is 1.00. The lowest BCUT2D eigenvalue weighted by Gasteiger charge is -2.32. The van der Waals surface area contributed by atoms with E-state index in [1.807, 2.05) is 0 Å². The van der Waals surface area contributed by atoms with Gasteiger partial charge in [0, 0.05) is 12.1 Å². The Bertz CT molecular complexity index is 183. The van der Waals surface area contributed by atoms with Crippen LogP contribution >= 0.6 is 0 Å². The molecule has 0 spiro atoms. The highest BCUT2D eigenvalue weighted by molar-refractivity contribution is 4.88. The van der Waals surface area contributed by atoms with Gasteiger partial charge in [0.2, 0.25) is 0 Å². The summed E-state index contributed by atoms with van der Waals surface area (Å²) >= 11 is 0. The molecule has 2 saturated carbocycles. The summed E-state index contributed by atoms with van der Waals surface area (Å²) in [5.74, 6) is 0.809. The van der Waals surface area contributed by atoms with Gasteiger partial charge in [-0.05, 0) is 31.6 Å². The number of rotatable bonds is 2. The molecule has 0 bridgehead atoms. The van der Waals surface area contributed by atoms with E-state index in [0.29, 0.717) is 12.1 Å². The molecule has 0 radical (unpaired) electrons. The second kappa shape index (κ2) is 4.63. The third-order valence-electron chi connectivity index (χ3n) is 4.02. The van der Waals surface area contributed by atoms with Crippen molar-refractivity contribution in [3.05, 3.63) is 0 Å². The molecule has 2 unspecified atom stereocenters. The van der Waals surface area contributed by atoms with Gasteiger partial charge in [0.15, 0.2) is 0 Å². The van der Waals surface area contributed by atoms with Gasteiger partial charge < -0.3 is 10.4 Å². The summed E-state index contributed by atoms with van der Waals surface area (Å²) in [6.07, 6.45) is 8.61. The highest BCUT2D eigenvalue weighted by atomic mass is 16.3. The van der Waals surface area contributed by atoms with E-state index in [1.54, 1.807) is 0 Å². The van der Waals surface area contributed by atoms with Gasteiger partial charge in [0.1, 0.15) is 0 Å². The largest absolute Gasteiger partial charge is 0.392 e. The molecule has 0 saturated heterocycles. The third-order valence-corrected chi connectivity index (χ3v) is 4.02. The van der Waals surface area contributed by atoms with Crippen molar-refractivity contribution in [1.82, 2.24) is 5.32 Å². The zero-order valence-corrected chi connectivity index (χ0v) is 9.21. The van der Waals surface area contributed by atoms with Crippen LogP contribution in [0.2, 0.25) is 0 Å². The summed E-state index contributed by atoms with van der Waals surface area (Å²) in [6.45, 7) is 2.33. The topological polar surface area (TPSA) is 32.3 Å². The molecular formula is C12H23NO. The maximum Gasteiger partial charge on any atom is 0.0693 e. The van der Waals surface area contributed by atoms with Gasteiger partial charge in [-0.15, -0.1) is 0 Å². The van der Waals surface area contributed by atoms with E-state index >= 15 is 0 Å². The molecule has 2 fully saturated rings. The Labute approximate surface area is 87.1 Å². The Morgan fingerprint density at radius 3 is 2.29 bits per heavy atom. The summed E-state index contributed by atoms with van der Waals surface area (Å²) in [4.78, 5) is 0. The summed E-state index contributed by atoms with van der Waals surface area (Å²) in [6, 6.07) is 1.06. The predicted octanol–water partition coefficient (Wildman–Crippen LogP) is 2.07. The monoisotopic (exact) mass is 197 g/mol. The lowest BCUT2D eigenvalue weighted by molar-refractivity contribution is 0.0823. The molecule has 0 amide bonds. The lowest BCUT2D eigenvalue weighted by Crippen LogP contribution is -2.47. The van der Waals surface area contributed by atoms with Gasteiger partial charge in [0.25, 0.3) is 0 Å². The molecule has 2 heteroatoms. The van der Waals surface area contributed by atoms with Gasteiger partial charge in [-0.1, -0.05) is 26.2 Å². The first kappa shape index (κ1) is 10.4. The van der Waals surface area contributed by atoms with Crippen LogP contribution in [0.25, 0.3) is 0 Å². The smallest absolute Gasteiger partial charge is 0.0693 e. The molecule has 4 atom stereocenters. The van der Waals surface area contributed by atoms with Gasteiger partial charge in [-0.3, -0.25) is 0 Å². The fourth-order valence-electron chi connectivity index (χ4n) is 2.97. The Morgan fingerprint density at radius 1 is 0.929 bits per heavy atom. The molecule has 2 aliphatic rings. The number of aliphatic hydroxyl groups is 1. The summed E-state index contributed by atoms with van der Waals surface area (Å²) in [5.41, 5.74) is 0. The van der Waals surface area contributed by atoms with Gasteiger partial charge >= 0.3 is 0 Å². The molecule has 0 heterocycles. The predicted molar refractivity (Wildman–Crippen MR) is 58.2 cm³/mol. The normalized spacial score (nSPS) is 44.1. The van der Waals surface area contributed by atoms with E-state index in [1.165, 1.54) is 38.5 Å². The van der Waals surface area contributed by atoms with Crippen molar-refractivity contribution in [3.63, 3.8) is 0 Å². The highest BCUT2D eigenvalue weighted by Crippen LogP contribution is 2.27. The fourth-order valence-corrected chi connectivity index (χ4v) is 2.97. The maximum absolute atomic E-state index is 9.85. The molecule has 82 valence electrons. The summed E-state index contributed by atoms with van der Waals surface area (Å²) in [5, 5.41) is 13.5. The molecule has 0 aromatic heterocycles. The molecule has 0 aromatic carbocycles. The van der Waals surface area contributed by atoms with Crippen molar-refractivity contribution >= 4 is 0 Å². The first-order chi connectivity index (χ1) is 6.77. The van der Waals surface area contributed by atoms with E-state index in [9.17, 15) is 5.11 Å². The molecule has 0 aliphatic heterocycles. The Hall–Kier alpha value is -0.0800. The minimum Gasteiger partial charge on any atom is -0.392 e. The van der Waals surface area contributed by atoms with E-state index in [0.717, 1.165) is 12.3 Å². The minimum absolute atomic E-state index is 0.0865. The first-order valence-electron chi connectivity index (χ1n) is 6.21. The van der Waals surface area contributed by atoms with Gasteiger partial charge in [0.05, 0.1) is 6.10 Å². The number of aliphatic hydroxyl groups excluding tert-OH is 1. The standard InChI is InChI=1S/C12H23NO/c1-9-5-4-7-10(9)13-11-6-2-3-8-12(11)14/h9-14H,2-8H2,1H3/t9?,10?,11-,12-/m0/s1. The number of nitrogens with one attached hydrogen (secondary N) is 1. The average Bonchev–Trinajstić information content (AvgIpc) is 2.56. The second-order valence-electron chi connectivity index (χ2n) is 5.14. The lowest BCUT2D eigenvalue weighted by atomic mass is 9.91. The molecule has 2 rings (SSSR count). The van der Waals surface area contributed by atoms with Crippen LogP contribution in [-0.4, -0.2) is 23.3 Å². The van der Waals surface area contributed by atoms with Crippen LogP contribution in [0.15, 0.2) is 0 Å². The summed E-state index contributed by atoms with van der Waals surface area (Å²) < 4.78 is 0. The van der Waals surface area contributed by atoms with Crippen molar-refractivity contribution in [1.29, 1.82) is 0 Å². The van der Waals surface area contributed by atoms with Gasteiger partial charge in [-0.25, -0.2) is 0 Å². The van der Waals surface area contributed by atoms with Crippen molar-refractivity contribution < 1.29 is 5.11 Å². The van der Waals surface area contributed by atoms with Crippen molar-refractivity contribution in [2.45, 2.75) is 70.1 Å². The van der Waals surface area contributed by atoms with E-state index in [4.69, 9.17) is 0 Å². The Morgan fingerprint density at radius 2 is 1.64 bits per heavy atom. The highest BCUT2D eigenvalue weighted by Gasteiger charge is 2.29. The SMILES string of the molecule is CC1CCCC1N[C@H]1CCCC[C@@H]1O. The summed E-state index contributed by atoms with van der Waals surface area (Å²) in [7, 11) is 0. The van der Waals surface area contributed by atoms with E-state index in [-0.39, 0.29) is 6.10 Å². The maximum atomic E-state index is 9.85. The van der Waals surface area contributed by atoms with Crippen LogP contribution in [0.5, 0.6) is 0 Å². The zero-order chi connectivity index (χ0) is 9.97. The van der Waals surface area contributed by atoms with Crippen LogP contribution in [-0.2, 0) is 0 Å². The Kier molecular flexibility index (Phi) is 3.45. The average molecular weight is 197 g/mol. The van der Waals surface area contributed by atoms with E-state index < -0.39 is 0 Å². The van der Waals surface area contributed by atoms with Crippen molar-refractivity contribution in [3.8, 4) is 0 Å². The molecule has 2 aliphatic carbocycles. The van der Waals surface area contributed by atoms with Gasteiger partial charge in [-0.2, -0.15) is 0 Å². The molecule has 2 nitrogen and oxygen atoms in total. The quantitative estimate of drug-likeness (QED) is 0.710. The Balaban J connectivity index is 1.83. The van der Waals surface area contributed by atoms with Crippen molar-refractivity contribution in [2.24, 2.45) is 5.92 Å². The van der Waals surface area contributed by atoms with Crippen LogP contribution in [0.3, 0.4) is 0 Å². The first-order valence-corrected chi connectivity index (χ1v) is 6.21. The molecule has 14 heavy (non-hydrogen) atoms. The molecular weight excluding hydrogens is 174 g/mol. The van der Waals surface area contributed by atoms with Crippen LogP contribution in [0.1, 0.15) is 51.9 Å². The number of hydrogen-bond acceptors (Lipinski definition) is 2. The van der Waals surface area contributed by atoms with Crippen LogP contribution < -0.4 is 5.32 Å². The van der Waals surface area contributed by atoms with E-state index in [2.05, 4.69) is 12.2 Å². The molecule has 0 aromatic rings. The molecule has 2 N–H and O–H groups in total. The third kappa shape index (κ3) is 2.29. The second-order valence-corrected chi connectivity index (χ2v) is 5.14. The van der Waals surface area contributed by atoms with Crippen molar-refractivity contribution in [2.75, 3.05) is 0 Å². The van der Waals surface area contributed by atoms with Crippen LogP contribution in [0, 0.1) is 5.92 Å². The van der Waals surface area contributed by atoms with Crippen LogP contribution in [0.4, 0.5) is 0 Å².